The van der Waals surface area contributed by atoms with Gasteiger partial charge < -0.3 is 10.2 Å². The molecule has 1 aromatic carbocycles. The van der Waals surface area contributed by atoms with Gasteiger partial charge in [-0.1, -0.05) is 43.7 Å². The van der Waals surface area contributed by atoms with E-state index in [-0.39, 0.29) is 11.4 Å². The maximum absolute atomic E-state index is 11.5. The lowest BCUT2D eigenvalue weighted by Gasteiger charge is -2.30. The minimum absolute atomic E-state index is 0.0467. The van der Waals surface area contributed by atoms with Crippen molar-refractivity contribution in [1.82, 2.24) is 10.2 Å². The summed E-state index contributed by atoms with van der Waals surface area (Å²) in [4.78, 5) is 13.2. The van der Waals surface area contributed by atoms with Crippen molar-refractivity contribution in [3.63, 3.8) is 0 Å². The molecular formula is C14H22N2O. The van der Waals surface area contributed by atoms with E-state index in [1.54, 1.807) is 11.9 Å². The quantitative estimate of drug-likeness (QED) is 0.856. The average Bonchev–Trinajstić information content (AvgIpc) is 2.27. The van der Waals surface area contributed by atoms with Crippen molar-refractivity contribution in [2.75, 3.05) is 20.6 Å². The van der Waals surface area contributed by atoms with E-state index in [1.165, 1.54) is 11.1 Å². The third-order valence-electron chi connectivity index (χ3n) is 3.03. The highest BCUT2D eigenvalue weighted by Crippen LogP contribution is 2.24. The van der Waals surface area contributed by atoms with Crippen LogP contribution in [-0.2, 0) is 5.41 Å². The Morgan fingerprint density at radius 2 is 1.82 bits per heavy atom. The molecule has 0 aliphatic carbocycles. The smallest absolute Gasteiger partial charge is 0.316 e. The second-order valence-electron chi connectivity index (χ2n) is 5.16. The number of nitrogens with zero attached hydrogens (tertiary/aromatic N) is 1. The Balaban J connectivity index is 2.81. The molecule has 0 aliphatic heterocycles. The molecule has 0 spiro atoms. The third-order valence-corrected chi connectivity index (χ3v) is 3.03. The molecule has 0 fully saturated rings. The highest BCUT2D eigenvalue weighted by Gasteiger charge is 2.24. The Morgan fingerprint density at radius 1 is 1.29 bits per heavy atom. The van der Waals surface area contributed by atoms with E-state index in [1.807, 2.05) is 7.05 Å². The molecule has 94 valence electrons. The van der Waals surface area contributed by atoms with Gasteiger partial charge in [-0.2, -0.15) is 0 Å². The van der Waals surface area contributed by atoms with Crippen molar-refractivity contribution in [3.8, 4) is 0 Å². The molecule has 3 heteroatoms. The predicted molar refractivity (Wildman–Crippen MR) is 71.3 cm³/mol. The summed E-state index contributed by atoms with van der Waals surface area (Å²) in [5.41, 5.74) is 2.46. The number of urea groups is 1. The molecule has 0 unspecified atom stereocenters. The maximum Gasteiger partial charge on any atom is 0.316 e. The first kappa shape index (κ1) is 13.6. The van der Waals surface area contributed by atoms with E-state index in [0.29, 0.717) is 6.54 Å². The Hall–Kier alpha value is -1.51. The first-order valence-corrected chi connectivity index (χ1v) is 5.87. The summed E-state index contributed by atoms with van der Waals surface area (Å²) >= 11 is 0. The van der Waals surface area contributed by atoms with E-state index in [0.717, 1.165) is 0 Å². The van der Waals surface area contributed by atoms with Crippen LogP contribution in [0.15, 0.2) is 24.3 Å². The minimum Gasteiger partial charge on any atom is -0.341 e. The van der Waals surface area contributed by atoms with Gasteiger partial charge in [-0.15, -0.1) is 0 Å². The second-order valence-corrected chi connectivity index (χ2v) is 5.16. The highest BCUT2D eigenvalue weighted by molar-refractivity contribution is 5.73. The molecule has 1 N–H and O–H groups in total. The van der Waals surface area contributed by atoms with Gasteiger partial charge in [0, 0.05) is 26.1 Å². The van der Waals surface area contributed by atoms with Gasteiger partial charge in [0.05, 0.1) is 0 Å². The summed E-state index contributed by atoms with van der Waals surface area (Å²) in [7, 11) is 3.46. The molecule has 0 radical (unpaired) electrons. The Morgan fingerprint density at radius 3 is 2.29 bits per heavy atom. The van der Waals surface area contributed by atoms with Crippen LogP contribution in [0.4, 0.5) is 4.79 Å². The highest BCUT2D eigenvalue weighted by atomic mass is 16.2. The molecule has 0 aliphatic rings. The molecule has 0 saturated heterocycles. The van der Waals surface area contributed by atoms with Gasteiger partial charge in [-0.3, -0.25) is 0 Å². The van der Waals surface area contributed by atoms with Crippen LogP contribution in [0, 0.1) is 6.92 Å². The zero-order chi connectivity index (χ0) is 13.1. The predicted octanol–water partition coefficient (Wildman–Crippen LogP) is 2.54. The molecule has 3 nitrogen and oxygen atoms in total. The van der Waals surface area contributed by atoms with Crippen LogP contribution in [0.2, 0.25) is 0 Å². The molecule has 0 atom stereocenters. The van der Waals surface area contributed by atoms with E-state index < -0.39 is 0 Å². The summed E-state index contributed by atoms with van der Waals surface area (Å²) in [6.07, 6.45) is 0. The average molecular weight is 234 g/mol. The number of hydrogen-bond donors (Lipinski definition) is 1. The monoisotopic (exact) mass is 234 g/mol. The molecule has 1 rings (SSSR count). The largest absolute Gasteiger partial charge is 0.341 e. The molecule has 0 saturated carbocycles. The van der Waals surface area contributed by atoms with Crippen molar-refractivity contribution < 1.29 is 4.79 Å². The minimum atomic E-state index is -0.0508. The van der Waals surface area contributed by atoms with Gasteiger partial charge in [-0.05, 0) is 12.5 Å². The van der Waals surface area contributed by atoms with Crippen molar-refractivity contribution in [1.29, 1.82) is 0 Å². The fourth-order valence-electron chi connectivity index (χ4n) is 1.95. The number of carbonyl (C=O) groups is 1. The summed E-state index contributed by atoms with van der Waals surface area (Å²) in [5, 5.41) is 2.63. The number of aryl methyl sites for hydroxylation is 1. The first-order chi connectivity index (χ1) is 7.86. The number of likely N-dealkylation sites (N-methyl/N-ethyl adjacent to an activating group) is 1. The van der Waals surface area contributed by atoms with E-state index >= 15 is 0 Å². The van der Waals surface area contributed by atoms with Crippen LogP contribution in [0.25, 0.3) is 0 Å². The molecule has 2 amide bonds. The van der Waals surface area contributed by atoms with Crippen molar-refractivity contribution in [2.24, 2.45) is 0 Å². The van der Waals surface area contributed by atoms with Crippen LogP contribution in [0.3, 0.4) is 0 Å². The van der Waals surface area contributed by atoms with Gasteiger partial charge >= 0.3 is 6.03 Å². The lowest BCUT2D eigenvalue weighted by atomic mass is 9.84. The van der Waals surface area contributed by atoms with Gasteiger partial charge in [0.15, 0.2) is 0 Å². The fourth-order valence-corrected chi connectivity index (χ4v) is 1.95. The molecule has 0 bridgehead atoms. The summed E-state index contributed by atoms with van der Waals surface area (Å²) < 4.78 is 0. The lowest BCUT2D eigenvalue weighted by molar-refractivity contribution is 0.201. The Kier molecular flexibility index (Phi) is 4.16. The lowest BCUT2D eigenvalue weighted by Crippen LogP contribution is -2.42. The first-order valence-electron chi connectivity index (χ1n) is 5.87. The number of rotatable bonds is 3. The standard InChI is InChI=1S/C14H22N2O/c1-11-6-8-12(9-7-11)14(2,3)10-16(5)13(17)15-4/h6-9H,10H2,1-5H3,(H,15,17). The summed E-state index contributed by atoms with van der Waals surface area (Å²) in [6, 6.07) is 8.43. The van der Waals surface area contributed by atoms with Crippen LogP contribution >= 0.6 is 0 Å². The molecular weight excluding hydrogens is 212 g/mol. The number of benzene rings is 1. The van der Waals surface area contributed by atoms with Crippen molar-refractivity contribution in [3.05, 3.63) is 35.4 Å². The zero-order valence-corrected chi connectivity index (χ0v) is 11.4. The normalized spacial score (nSPS) is 11.1. The van der Waals surface area contributed by atoms with Crippen LogP contribution < -0.4 is 5.32 Å². The van der Waals surface area contributed by atoms with E-state index in [9.17, 15) is 4.79 Å². The topological polar surface area (TPSA) is 32.3 Å². The number of amides is 2. The van der Waals surface area contributed by atoms with E-state index in [2.05, 4.69) is 50.4 Å². The Bertz CT molecular complexity index is 382. The van der Waals surface area contributed by atoms with Crippen LogP contribution in [-0.4, -0.2) is 31.6 Å². The van der Waals surface area contributed by atoms with Gasteiger partial charge in [0.2, 0.25) is 0 Å². The number of hydrogen-bond acceptors (Lipinski definition) is 1. The number of carbonyl (C=O) groups excluding carboxylic acids is 1. The van der Waals surface area contributed by atoms with Crippen LogP contribution in [0.1, 0.15) is 25.0 Å². The van der Waals surface area contributed by atoms with Gasteiger partial charge in [0.25, 0.3) is 0 Å². The molecule has 1 aromatic rings. The fraction of sp³-hybridized carbons (Fsp3) is 0.500. The molecule has 17 heavy (non-hydrogen) atoms. The zero-order valence-electron chi connectivity index (χ0n) is 11.4. The SMILES string of the molecule is CNC(=O)N(C)CC(C)(C)c1ccc(C)cc1. The Labute approximate surface area is 104 Å². The summed E-state index contributed by atoms with van der Waals surface area (Å²) in [5.74, 6) is 0. The second kappa shape index (κ2) is 5.21. The van der Waals surface area contributed by atoms with Gasteiger partial charge in [0.1, 0.15) is 0 Å². The third kappa shape index (κ3) is 3.48. The van der Waals surface area contributed by atoms with Crippen molar-refractivity contribution in [2.45, 2.75) is 26.2 Å². The summed E-state index contributed by atoms with van der Waals surface area (Å²) in [6.45, 7) is 7.07. The molecule has 0 aromatic heterocycles. The molecule has 0 heterocycles. The van der Waals surface area contributed by atoms with Crippen molar-refractivity contribution >= 4 is 6.03 Å². The number of nitrogens with one attached hydrogen (secondary N) is 1. The maximum atomic E-state index is 11.5. The van der Waals surface area contributed by atoms with Crippen LogP contribution in [0.5, 0.6) is 0 Å². The van der Waals surface area contributed by atoms with Gasteiger partial charge in [-0.25, -0.2) is 4.79 Å². The van der Waals surface area contributed by atoms with E-state index in [4.69, 9.17) is 0 Å².